The van der Waals surface area contributed by atoms with Gasteiger partial charge in [-0.2, -0.15) is 0 Å². The first kappa shape index (κ1) is 25.8. The van der Waals surface area contributed by atoms with Crippen molar-refractivity contribution >= 4 is 40.9 Å². The molecule has 2 aliphatic heterocycles. The summed E-state index contributed by atoms with van der Waals surface area (Å²) in [6, 6.07) is 20.7. The van der Waals surface area contributed by atoms with Gasteiger partial charge in [-0.1, -0.05) is 54.0 Å². The number of likely N-dealkylation sites (tertiary alicyclic amines) is 1. The molecule has 2 aliphatic rings. The van der Waals surface area contributed by atoms with E-state index in [0.29, 0.717) is 34.9 Å². The molecule has 0 atom stereocenters. The minimum atomic E-state index is -0.164. The number of halogens is 1. The number of carbonyl (C=O) groups excluding carboxylic acids is 2. The minimum Gasteiger partial charge on any atom is -0.352 e. The van der Waals surface area contributed by atoms with Gasteiger partial charge in [0.1, 0.15) is 0 Å². The SMILES string of the molecule is O=C(NCCCN1CCCCC1)c1ccc2c(c1)N(NCc1cccc(Cl)c1)C(=O)c1ccccc1S2. The molecule has 5 rings (SSSR count). The van der Waals surface area contributed by atoms with Gasteiger partial charge in [-0.3, -0.25) is 9.59 Å². The van der Waals surface area contributed by atoms with Crippen LogP contribution in [0.1, 0.15) is 52.0 Å². The zero-order chi connectivity index (χ0) is 25.6. The lowest BCUT2D eigenvalue weighted by Gasteiger charge is -2.26. The van der Waals surface area contributed by atoms with Crippen molar-refractivity contribution in [2.75, 3.05) is 31.2 Å². The van der Waals surface area contributed by atoms with Gasteiger partial charge < -0.3 is 10.2 Å². The van der Waals surface area contributed by atoms with Gasteiger partial charge in [0.05, 0.1) is 11.3 Å². The maximum Gasteiger partial charge on any atom is 0.273 e. The molecule has 1 saturated heterocycles. The van der Waals surface area contributed by atoms with Gasteiger partial charge in [0.15, 0.2) is 0 Å². The summed E-state index contributed by atoms with van der Waals surface area (Å²) in [5, 5.41) is 5.26. The van der Waals surface area contributed by atoms with Crippen LogP contribution in [0, 0.1) is 0 Å². The van der Waals surface area contributed by atoms with E-state index in [4.69, 9.17) is 11.6 Å². The molecular weight excluding hydrogens is 504 g/mol. The summed E-state index contributed by atoms with van der Waals surface area (Å²) < 4.78 is 0. The third-order valence-corrected chi connectivity index (χ3v) is 8.09. The third kappa shape index (κ3) is 6.36. The number of amides is 2. The van der Waals surface area contributed by atoms with Crippen LogP contribution in [0.15, 0.2) is 76.5 Å². The Morgan fingerprint density at radius 2 is 1.78 bits per heavy atom. The van der Waals surface area contributed by atoms with Gasteiger partial charge in [0, 0.05) is 33.5 Å². The highest BCUT2D eigenvalue weighted by atomic mass is 35.5. The molecule has 37 heavy (non-hydrogen) atoms. The molecule has 0 aromatic heterocycles. The Morgan fingerprint density at radius 3 is 2.62 bits per heavy atom. The number of carbonyl (C=O) groups is 2. The Kier molecular flexibility index (Phi) is 8.46. The number of nitrogens with one attached hydrogen (secondary N) is 2. The van der Waals surface area contributed by atoms with Crippen molar-refractivity contribution in [1.82, 2.24) is 15.6 Å². The van der Waals surface area contributed by atoms with E-state index < -0.39 is 0 Å². The maximum absolute atomic E-state index is 13.6. The van der Waals surface area contributed by atoms with Crippen LogP contribution in [-0.2, 0) is 6.54 Å². The van der Waals surface area contributed by atoms with Crippen molar-refractivity contribution in [2.24, 2.45) is 0 Å². The number of hydrazine groups is 1. The second-order valence-corrected chi connectivity index (χ2v) is 10.9. The molecule has 3 aromatic rings. The van der Waals surface area contributed by atoms with Crippen LogP contribution in [0.5, 0.6) is 0 Å². The highest BCUT2D eigenvalue weighted by Gasteiger charge is 2.28. The largest absolute Gasteiger partial charge is 0.352 e. The van der Waals surface area contributed by atoms with Crippen molar-refractivity contribution < 1.29 is 9.59 Å². The van der Waals surface area contributed by atoms with Crippen LogP contribution in [0.25, 0.3) is 0 Å². The second-order valence-electron chi connectivity index (χ2n) is 9.40. The van der Waals surface area contributed by atoms with E-state index in [9.17, 15) is 9.59 Å². The number of anilines is 1. The Hall–Kier alpha value is -2.84. The Labute approximate surface area is 227 Å². The summed E-state index contributed by atoms with van der Waals surface area (Å²) in [5.74, 6) is -0.293. The van der Waals surface area contributed by atoms with E-state index in [2.05, 4.69) is 15.6 Å². The molecular formula is C29H31ClN4O2S. The molecule has 6 nitrogen and oxygen atoms in total. The molecule has 2 amide bonds. The maximum atomic E-state index is 13.6. The first-order valence-electron chi connectivity index (χ1n) is 12.8. The lowest BCUT2D eigenvalue weighted by Crippen LogP contribution is -2.43. The van der Waals surface area contributed by atoms with Gasteiger partial charge in [-0.05, 0) is 86.9 Å². The van der Waals surface area contributed by atoms with Crippen molar-refractivity contribution in [3.8, 4) is 0 Å². The molecule has 8 heteroatoms. The molecule has 0 unspecified atom stereocenters. The van der Waals surface area contributed by atoms with Crippen molar-refractivity contribution in [3.05, 3.63) is 88.4 Å². The van der Waals surface area contributed by atoms with Crippen LogP contribution in [0.4, 0.5) is 5.69 Å². The molecule has 192 valence electrons. The highest BCUT2D eigenvalue weighted by molar-refractivity contribution is 7.99. The first-order valence-corrected chi connectivity index (χ1v) is 14.0. The molecule has 0 spiro atoms. The molecule has 3 aromatic carbocycles. The van der Waals surface area contributed by atoms with Crippen LogP contribution in [0.2, 0.25) is 5.02 Å². The summed E-state index contributed by atoms with van der Waals surface area (Å²) in [5.41, 5.74) is 6.05. The normalized spacial score (nSPS) is 15.6. The summed E-state index contributed by atoms with van der Waals surface area (Å²) in [6.07, 6.45) is 4.78. The number of hydrogen-bond acceptors (Lipinski definition) is 5. The lowest BCUT2D eigenvalue weighted by atomic mass is 10.1. The predicted molar refractivity (Wildman–Crippen MR) is 149 cm³/mol. The zero-order valence-electron chi connectivity index (χ0n) is 20.7. The Bertz CT molecular complexity index is 1280. The molecule has 2 N–H and O–H groups in total. The van der Waals surface area contributed by atoms with E-state index in [-0.39, 0.29) is 11.8 Å². The topological polar surface area (TPSA) is 64.7 Å². The van der Waals surface area contributed by atoms with Crippen LogP contribution >= 0.6 is 23.4 Å². The van der Waals surface area contributed by atoms with Crippen LogP contribution < -0.4 is 15.8 Å². The lowest BCUT2D eigenvalue weighted by molar-refractivity contribution is 0.0946. The van der Waals surface area contributed by atoms with Crippen molar-refractivity contribution in [2.45, 2.75) is 42.0 Å². The standard InChI is InChI=1S/C29H31ClN4O2S/c30-23-9-6-8-21(18-23)20-32-34-25-19-22(28(35)31-14-7-17-33-15-4-1-5-16-33)12-13-27(25)37-26-11-3-2-10-24(26)29(34)36/h2-3,6,8-13,18-19,32H,1,4-5,7,14-17,20H2,(H,31,35). The van der Waals surface area contributed by atoms with Gasteiger partial charge in [0.25, 0.3) is 11.8 Å². The fourth-order valence-electron chi connectivity index (χ4n) is 4.76. The van der Waals surface area contributed by atoms with Crippen molar-refractivity contribution in [3.63, 3.8) is 0 Å². The van der Waals surface area contributed by atoms with E-state index >= 15 is 0 Å². The van der Waals surface area contributed by atoms with Crippen LogP contribution in [0.3, 0.4) is 0 Å². The number of hydrogen-bond donors (Lipinski definition) is 2. The average molecular weight is 535 g/mol. The van der Waals surface area contributed by atoms with Gasteiger partial charge >= 0.3 is 0 Å². The van der Waals surface area contributed by atoms with Gasteiger partial charge in [-0.25, -0.2) is 10.4 Å². The van der Waals surface area contributed by atoms with Crippen molar-refractivity contribution in [1.29, 1.82) is 0 Å². The summed E-state index contributed by atoms with van der Waals surface area (Å²) in [6.45, 7) is 4.36. The number of benzene rings is 3. The second kappa shape index (κ2) is 12.1. The Morgan fingerprint density at radius 1 is 0.946 bits per heavy atom. The average Bonchev–Trinajstić information content (AvgIpc) is 3.04. The fourth-order valence-corrected chi connectivity index (χ4v) is 6.02. The third-order valence-electron chi connectivity index (χ3n) is 6.72. The fraction of sp³-hybridized carbons (Fsp3) is 0.310. The predicted octanol–water partition coefficient (Wildman–Crippen LogP) is 5.76. The summed E-state index contributed by atoms with van der Waals surface area (Å²) in [7, 11) is 0. The van der Waals surface area contributed by atoms with E-state index in [1.165, 1.54) is 31.0 Å². The number of rotatable bonds is 8. The van der Waals surface area contributed by atoms with E-state index in [1.807, 2.05) is 60.7 Å². The summed E-state index contributed by atoms with van der Waals surface area (Å²) in [4.78, 5) is 30.9. The molecule has 1 fully saturated rings. The van der Waals surface area contributed by atoms with E-state index in [1.54, 1.807) is 11.1 Å². The zero-order valence-corrected chi connectivity index (χ0v) is 22.3. The number of fused-ring (bicyclic) bond motifs is 2. The molecule has 2 heterocycles. The molecule has 0 bridgehead atoms. The molecule has 0 saturated carbocycles. The van der Waals surface area contributed by atoms with E-state index in [0.717, 1.165) is 41.4 Å². The first-order chi connectivity index (χ1) is 18.1. The smallest absolute Gasteiger partial charge is 0.273 e. The number of piperidine rings is 1. The monoisotopic (exact) mass is 534 g/mol. The molecule has 0 aliphatic carbocycles. The number of nitrogens with zero attached hydrogens (tertiary/aromatic N) is 2. The summed E-state index contributed by atoms with van der Waals surface area (Å²) >= 11 is 7.69. The van der Waals surface area contributed by atoms with Crippen LogP contribution in [-0.4, -0.2) is 42.9 Å². The van der Waals surface area contributed by atoms with Gasteiger partial charge in [-0.15, -0.1) is 0 Å². The quantitative estimate of drug-likeness (QED) is 0.360. The Balaban J connectivity index is 1.33. The molecule has 0 radical (unpaired) electrons. The highest BCUT2D eigenvalue weighted by Crippen LogP contribution is 2.41. The minimum absolute atomic E-state index is 0.129. The van der Waals surface area contributed by atoms with Gasteiger partial charge in [0.2, 0.25) is 0 Å².